The average Bonchev–Trinajstić information content (AvgIpc) is 3.30. The van der Waals surface area contributed by atoms with Crippen LogP contribution in [0.15, 0.2) is 34.9 Å². The van der Waals surface area contributed by atoms with Crippen molar-refractivity contribution in [2.75, 3.05) is 18.4 Å². The van der Waals surface area contributed by atoms with Crippen molar-refractivity contribution in [3.8, 4) is 0 Å². The molecule has 1 aliphatic heterocycles. The number of aryl methyl sites for hydroxylation is 2. The number of furan rings is 1. The molecule has 1 amide bonds. The maximum absolute atomic E-state index is 13.4. The number of carbonyl (C=O) groups is 1. The second kappa shape index (κ2) is 7.11. The van der Waals surface area contributed by atoms with E-state index in [-0.39, 0.29) is 11.4 Å². The summed E-state index contributed by atoms with van der Waals surface area (Å²) in [6.45, 7) is 7.63. The Bertz CT molecular complexity index is 1090. The van der Waals surface area contributed by atoms with Crippen LogP contribution < -0.4 is 5.32 Å². The minimum absolute atomic E-state index is 0.00700. The molecule has 0 atom stereocenters. The van der Waals surface area contributed by atoms with Crippen LogP contribution in [-0.2, 0) is 0 Å². The molecule has 0 radical (unpaired) electrons. The molecule has 1 saturated heterocycles. The smallest absolute Gasteiger partial charge is 0.257 e. The van der Waals surface area contributed by atoms with Crippen LogP contribution in [0.4, 0.5) is 5.82 Å². The van der Waals surface area contributed by atoms with Crippen LogP contribution in [0.25, 0.3) is 11.1 Å². The molecule has 156 valence electrons. The Balaban J connectivity index is 1.37. The molecule has 1 N–H and O–H groups in total. The fourth-order valence-corrected chi connectivity index (χ4v) is 4.32. The van der Waals surface area contributed by atoms with Crippen LogP contribution in [0.1, 0.15) is 65.8 Å². The topological polar surface area (TPSA) is 71.3 Å². The fraction of sp³-hybridized carbons (Fsp3) is 0.458. The molecule has 30 heavy (non-hydrogen) atoms. The zero-order chi connectivity index (χ0) is 20.9. The lowest BCUT2D eigenvalue weighted by Gasteiger charge is -2.32. The molecule has 2 aromatic heterocycles. The molecule has 3 aromatic rings. The number of amides is 1. The Morgan fingerprint density at radius 2 is 1.83 bits per heavy atom. The molecule has 0 unspecified atom stereocenters. The molecular weight excluding hydrogens is 376 g/mol. The van der Waals surface area contributed by atoms with E-state index in [2.05, 4.69) is 53.4 Å². The number of benzene rings is 1. The third-order valence-electron chi connectivity index (χ3n) is 6.53. The van der Waals surface area contributed by atoms with E-state index >= 15 is 0 Å². The van der Waals surface area contributed by atoms with Gasteiger partial charge in [-0.15, -0.1) is 0 Å². The predicted octanol–water partition coefficient (Wildman–Crippen LogP) is 4.82. The Hall–Kier alpha value is -2.89. The number of piperidine rings is 1. The largest absolute Gasteiger partial charge is 0.445 e. The van der Waals surface area contributed by atoms with Gasteiger partial charge < -0.3 is 14.6 Å². The maximum atomic E-state index is 13.4. The molecule has 3 heterocycles. The fourth-order valence-electron chi connectivity index (χ4n) is 4.32. The van der Waals surface area contributed by atoms with Gasteiger partial charge in [0.15, 0.2) is 0 Å². The lowest BCUT2D eigenvalue weighted by molar-refractivity contribution is 0.0714. The average molecular weight is 405 g/mol. The van der Waals surface area contributed by atoms with Gasteiger partial charge in [0, 0.05) is 18.6 Å². The van der Waals surface area contributed by atoms with E-state index in [1.807, 2.05) is 11.8 Å². The summed E-state index contributed by atoms with van der Waals surface area (Å²) in [6, 6.07) is 8.77. The zero-order valence-electron chi connectivity index (χ0n) is 17.9. The van der Waals surface area contributed by atoms with Gasteiger partial charge in [-0.3, -0.25) is 4.79 Å². The summed E-state index contributed by atoms with van der Waals surface area (Å²) < 4.78 is 5.68. The first-order chi connectivity index (χ1) is 14.4. The Morgan fingerprint density at radius 1 is 1.13 bits per heavy atom. The third-order valence-corrected chi connectivity index (χ3v) is 6.53. The van der Waals surface area contributed by atoms with Crippen molar-refractivity contribution in [2.45, 2.75) is 57.9 Å². The van der Waals surface area contributed by atoms with Crippen LogP contribution in [0.2, 0.25) is 0 Å². The molecular formula is C24H28N4O2. The number of likely N-dealkylation sites (tertiary alicyclic amines) is 1. The van der Waals surface area contributed by atoms with Crippen molar-refractivity contribution in [3.63, 3.8) is 0 Å². The minimum Gasteiger partial charge on any atom is -0.445 e. The van der Waals surface area contributed by atoms with E-state index in [4.69, 9.17) is 4.42 Å². The van der Waals surface area contributed by atoms with Crippen molar-refractivity contribution < 1.29 is 9.21 Å². The van der Waals surface area contributed by atoms with Gasteiger partial charge in [0.2, 0.25) is 5.71 Å². The number of hydrogen-bond donors (Lipinski definition) is 1. The highest BCUT2D eigenvalue weighted by atomic mass is 16.3. The summed E-state index contributed by atoms with van der Waals surface area (Å²) in [5.41, 5.74) is 3.74. The van der Waals surface area contributed by atoms with Gasteiger partial charge in [0.25, 0.3) is 5.91 Å². The summed E-state index contributed by atoms with van der Waals surface area (Å²) in [5.74, 6) is 1.87. The van der Waals surface area contributed by atoms with Crippen LogP contribution in [0, 0.1) is 13.8 Å². The van der Waals surface area contributed by atoms with Crippen molar-refractivity contribution in [2.24, 2.45) is 0 Å². The van der Waals surface area contributed by atoms with Crippen LogP contribution in [0.5, 0.6) is 0 Å². The van der Waals surface area contributed by atoms with Gasteiger partial charge in [0.05, 0.1) is 10.9 Å². The van der Waals surface area contributed by atoms with E-state index in [0.717, 1.165) is 38.8 Å². The molecule has 0 bridgehead atoms. The van der Waals surface area contributed by atoms with Gasteiger partial charge in [-0.25, -0.2) is 4.98 Å². The highest BCUT2D eigenvalue weighted by Crippen LogP contribution is 2.40. The zero-order valence-corrected chi connectivity index (χ0v) is 17.9. The van der Waals surface area contributed by atoms with E-state index in [1.165, 1.54) is 11.1 Å². The summed E-state index contributed by atoms with van der Waals surface area (Å²) in [5, 5.41) is 4.22. The highest BCUT2D eigenvalue weighted by molar-refractivity contribution is 6.09. The minimum atomic E-state index is 0.00700. The summed E-state index contributed by atoms with van der Waals surface area (Å²) in [4.78, 5) is 24.3. The number of hydrogen-bond acceptors (Lipinski definition) is 5. The summed E-state index contributed by atoms with van der Waals surface area (Å²) in [7, 11) is 0. The molecule has 6 nitrogen and oxygen atoms in total. The van der Waals surface area contributed by atoms with Gasteiger partial charge in [-0.1, -0.05) is 29.8 Å². The molecule has 1 aromatic carbocycles. The Kier molecular flexibility index (Phi) is 4.53. The Morgan fingerprint density at radius 3 is 2.50 bits per heavy atom. The van der Waals surface area contributed by atoms with Gasteiger partial charge in [0.1, 0.15) is 17.9 Å². The second-order valence-electron chi connectivity index (χ2n) is 9.11. The van der Waals surface area contributed by atoms with Crippen LogP contribution in [0.3, 0.4) is 0 Å². The molecule has 2 fully saturated rings. The van der Waals surface area contributed by atoms with Crippen LogP contribution >= 0.6 is 0 Å². The van der Waals surface area contributed by atoms with E-state index in [9.17, 15) is 4.79 Å². The quantitative estimate of drug-likeness (QED) is 0.675. The number of aromatic nitrogens is 2. The van der Waals surface area contributed by atoms with Crippen LogP contribution in [-0.4, -0.2) is 39.4 Å². The van der Waals surface area contributed by atoms with Gasteiger partial charge in [-0.2, -0.15) is 4.98 Å². The third kappa shape index (κ3) is 3.55. The van der Waals surface area contributed by atoms with Crippen molar-refractivity contribution in [1.29, 1.82) is 0 Å². The van der Waals surface area contributed by atoms with E-state index in [1.54, 1.807) is 6.26 Å². The molecule has 1 saturated carbocycles. The molecule has 2 aliphatic rings. The summed E-state index contributed by atoms with van der Waals surface area (Å²) >= 11 is 0. The molecule has 0 spiro atoms. The number of rotatable bonds is 4. The monoisotopic (exact) mass is 404 g/mol. The molecule has 1 aliphatic carbocycles. The standard InChI is InChI=1S/C24H28N4O2/c1-15-4-6-17(7-5-15)18-8-12-28(13-9-18)23(29)19-14-30-22-20(19)21(25-16(2)26-22)27-24(3)10-11-24/h4-7,14,18H,8-13H2,1-3H3,(H,25,26,27). The SMILES string of the molecule is Cc1ccc(C2CCN(C(=O)c3coc4nc(C)nc(NC5(C)CC5)c34)CC2)cc1. The number of nitrogens with zero attached hydrogens (tertiary/aromatic N) is 3. The van der Waals surface area contributed by atoms with E-state index in [0.29, 0.717) is 34.2 Å². The normalized spacial score (nSPS) is 18.6. The number of fused-ring (bicyclic) bond motifs is 1. The lowest BCUT2D eigenvalue weighted by atomic mass is 9.89. The van der Waals surface area contributed by atoms with Crippen molar-refractivity contribution >= 4 is 22.8 Å². The molecule has 5 rings (SSSR count). The van der Waals surface area contributed by atoms with Crippen molar-refractivity contribution in [3.05, 3.63) is 53.0 Å². The number of carbonyl (C=O) groups excluding carboxylic acids is 1. The lowest BCUT2D eigenvalue weighted by Crippen LogP contribution is -2.37. The van der Waals surface area contributed by atoms with Gasteiger partial charge >= 0.3 is 0 Å². The molecule has 6 heteroatoms. The first-order valence-electron chi connectivity index (χ1n) is 10.8. The highest BCUT2D eigenvalue weighted by Gasteiger charge is 2.39. The Labute approximate surface area is 176 Å². The second-order valence-corrected chi connectivity index (χ2v) is 9.11. The summed E-state index contributed by atoms with van der Waals surface area (Å²) in [6.07, 6.45) is 5.71. The maximum Gasteiger partial charge on any atom is 0.257 e. The van der Waals surface area contributed by atoms with Crippen molar-refractivity contribution in [1.82, 2.24) is 14.9 Å². The number of nitrogens with one attached hydrogen (secondary N) is 1. The van der Waals surface area contributed by atoms with E-state index < -0.39 is 0 Å². The van der Waals surface area contributed by atoms with Gasteiger partial charge in [-0.05, 0) is 57.9 Å². The first kappa shape index (κ1) is 19.1. The predicted molar refractivity (Wildman–Crippen MR) is 117 cm³/mol. The number of anilines is 1. The first-order valence-corrected chi connectivity index (χ1v) is 10.8.